The van der Waals surface area contributed by atoms with Crippen molar-refractivity contribution in [1.29, 1.82) is 0 Å². The molecule has 0 saturated heterocycles. The number of amides is 1. The van der Waals surface area contributed by atoms with E-state index in [1.807, 2.05) is 6.92 Å². The van der Waals surface area contributed by atoms with Crippen molar-refractivity contribution in [2.75, 3.05) is 0 Å². The third kappa shape index (κ3) is 2.04. The molecular formula is C12H12N2O3. The van der Waals surface area contributed by atoms with Gasteiger partial charge in [-0.2, -0.15) is 0 Å². The largest absolute Gasteiger partial charge is 0.478 e. The number of carboxylic acids is 1. The molecule has 0 bridgehead atoms. The number of allylic oxidation sites excluding steroid dienone is 1. The van der Waals surface area contributed by atoms with Crippen molar-refractivity contribution >= 4 is 18.0 Å². The van der Waals surface area contributed by atoms with E-state index in [1.165, 1.54) is 6.07 Å². The van der Waals surface area contributed by atoms with E-state index >= 15 is 0 Å². The lowest BCUT2D eigenvalue weighted by Gasteiger charge is -2.16. The number of fused-ring (bicyclic) bond motifs is 1. The molecule has 2 rings (SSSR count). The highest BCUT2D eigenvalue weighted by atomic mass is 16.4. The topological polar surface area (TPSA) is 93.3 Å². The molecule has 17 heavy (non-hydrogen) atoms. The van der Waals surface area contributed by atoms with E-state index in [0.29, 0.717) is 17.7 Å². The van der Waals surface area contributed by atoms with E-state index in [4.69, 9.17) is 10.8 Å². The first-order valence-electron chi connectivity index (χ1n) is 5.23. The van der Waals surface area contributed by atoms with Gasteiger partial charge in [-0.15, -0.1) is 0 Å². The fourth-order valence-electron chi connectivity index (χ4n) is 1.90. The van der Waals surface area contributed by atoms with Crippen LogP contribution in [-0.4, -0.2) is 22.0 Å². The van der Waals surface area contributed by atoms with Gasteiger partial charge in [-0.25, -0.2) is 9.78 Å². The zero-order chi connectivity index (χ0) is 12.6. The van der Waals surface area contributed by atoms with Gasteiger partial charge in [0.1, 0.15) is 5.69 Å². The number of pyridine rings is 1. The fraction of sp³-hybridized carbons (Fsp3) is 0.250. The van der Waals surface area contributed by atoms with Gasteiger partial charge < -0.3 is 10.8 Å². The molecule has 0 fully saturated rings. The molecule has 0 radical (unpaired) electrons. The Morgan fingerprint density at radius 1 is 1.41 bits per heavy atom. The van der Waals surface area contributed by atoms with Crippen LogP contribution in [0.15, 0.2) is 11.6 Å². The second kappa shape index (κ2) is 4.01. The lowest BCUT2D eigenvalue weighted by molar-refractivity contribution is 0.0696. The SMILES string of the molecule is CC1=Cc2c(C(=O)O)cc(C(N)=O)nc2CC1. The van der Waals surface area contributed by atoms with Crippen molar-refractivity contribution in [1.82, 2.24) is 4.98 Å². The molecule has 1 aromatic heterocycles. The first kappa shape index (κ1) is 11.3. The average Bonchev–Trinajstić information content (AvgIpc) is 2.27. The highest BCUT2D eigenvalue weighted by Gasteiger charge is 2.20. The number of hydrogen-bond acceptors (Lipinski definition) is 3. The number of aromatic nitrogens is 1. The summed E-state index contributed by atoms with van der Waals surface area (Å²) in [4.78, 5) is 26.3. The minimum absolute atomic E-state index is 0.00843. The van der Waals surface area contributed by atoms with E-state index in [0.717, 1.165) is 12.0 Å². The van der Waals surface area contributed by atoms with Crippen LogP contribution in [0.3, 0.4) is 0 Å². The van der Waals surface area contributed by atoms with Crippen LogP contribution in [0.5, 0.6) is 0 Å². The van der Waals surface area contributed by atoms with Gasteiger partial charge in [0, 0.05) is 11.3 Å². The Morgan fingerprint density at radius 2 is 2.12 bits per heavy atom. The summed E-state index contributed by atoms with van der Waals surface area (Å²) >= 11 is 0. The van der Waals surface area contributed by atoms with Gasteiger partial charge in [0.2, 0.25) is 0 Å². The minimum atomic E-state index is -1.07. The monoisotopic (exact) mass is 232 g/mol. The summed E-state index contributed by atoms with van der Waals surface area (Å²) in [5, 5.41) is 9.12. The fourth-order valence-corrected chi connectivity index (χ4v) is 1.90. The maximum Gasteiger partial charge on any atom is 0.336 e. The second-order valence-corrected chi connectivity index (χ2v) is 4.08. The molecule has 1 amide bonds. The molecule has 0 atom stereocenters. The van der Waals surface area contributed by atoms with Crippen LogP contribution in [0, 0.1) is 0 Å². The van der Waals surface area contributed by atoms with Crippen molar-refractivity contribution in [2.45, 2.75) is 19.8 Å². The normalized spacial score (nSPS) is 13.8. The summed E-state index contributed by atoms with van der Waals surface area (Å²) in [7, 11) is 0. The average molecular weight is 232 g/mol. The van der Waals surface area contributed by atoms with Crippen molar-refractivity contribution in [2.24, 2.45) is 5.73 Å². The number of carboxylic acid groups (broad SMARTS) is 1. The van der Waals surface area contributed by atoms with E-state index in [9.17, 15) is 9.59 Å². The summed E-state index contributed by atoms with van der Waals surface area (Å²) in [6.45, 7) is 1.94. The Labute approximate surface area is 98.0 Å². The third-order valence-corrected chi connectivity index (χ3v) is 2.77. The van der Waals surface area contributed by atoms with Crippen LogP contribution in [0.2, 0.25) is 0 Å². The molecule has 3 N–H and O–H groups in total. The molecule has 0 aliphatic heterocycles. The number of aromatic carboxylic acids is 1. The lowest BCUT2D eigenvalue weighted by Crippen LogP contribution is -2.18. The van der Waals surface area contributed by atoms with Gasteiger partial charge in [0.25, 0.3) is 5.91 Å². The first-order chi connectivity index (χ1) is 7.99. The molecule has 0 aromatic carbocycles. The van der Waals surface area contributed by atoms with Crippen molar-refractivity contribution < 1.29 is 14.7 Å². The summed E-state index contributed by atoms with van der Waals surface area (Å²) in [5.74, 6) is -1.78. The van der Waals surface area contributed by atoms with Gasteiger partial charge in [-0.1, -0.05) is 11.6 Å². The predicted octanol–water partition coefficient (Wildman–Crippen LogP) is 1.23. The number of carbonyl (C=O) groups excluding carboxylic acids is 1. The summed E-state index contributed by atoms with van der Waals surface area (Å²) in [6.07, 6.45) is 3.26. The van der Waals surface area contributed by atoms with Gasteiger partial charge in [0.05, 0.1) is 5.56 Å². The van der Waals surface area contributed by atoms with Gasteiger partial charge in [0.15, 0.2) is 0 Å². The molecule has 1 aromatic rings. The number of nitrogens with two attached hydrogens (primary N) is 1. The molecule has 5 nitrogen and oxygen atoms in total. The summed E-state index contributed by atoms with van der Waals surface area (Å²) in [6, 6.07) is 1.23. The number of nitrogens with zero attached hydrogens (tertiary/aromatic N) is 1. The smallest absolute Gasteiger partial charge is 0.336 e. The molecule has 1 heterocycles. The quantitative estimate of drug-likeness (QED) is 0.801. The maximum absolute atomic E-state index is 11.1. The first-order valence-corrected chi connectivity index (χ1v) is 5.23. The zero-order valence-electron chi connectivity index (χ0n) is 9.36. The zero-order valence-corrected chi connectivity index (χ0v) is 9.36. The number of carbonyl (C=O) groups is 2. The second-order valence-electron chi connectivity index (χ2n) is 4.08. The van der Waals surface area contributed by atoms with Gasteiger partial charge in [-0.3, -0.25) is 4.79 Å². The van der Waals surface area contributed by atoms with Crippen molar-refractivity contribution in [3.63, 3.8) is 0 Å². The van der Waals surface area contributed by atoms with E-state index in [2.05, 4.69) is 4.98 Å². The van der Waals surface area contributed by atoms with E-state index in [-0.39, 0.29) is 11.3 Å². The minimum Gasteiger partial charge on any atom is -0.478 e. The number of aryl methyl sites for hydroxylation is 1. The van der Waals surface area contributed by atoms with Crippen LogP contribution in [0.25, 0.3) is 6.08 Å². The van der Waals surface area contributed by atoms with Crippen LogP contribution in [0.1, 0.15) is 45.4 Å². The summed E-state index contributed by atoms with van der Waals surface area (Å²) < 4.78 is 0. The van der Waals surface area contributed by atoms with E-state index < -0.39 is 11.9 Å². The Hall–Kier alpha value is -2.17. The molecule has 1 aliphatic rings. The highest BCUT2D eigenvalue weighted by molar-refractivity contribution is 5.98. The number of primary amides is 1. The van der Waals surface area contributed by atoms with E-state index in [1.54, 1.807) is 6.08 Å². The van der Waals surface area contributed by atoms with Crippen LogP contribution < -0.4 is 5.73 Å². The lowest BCUT2D eigenvalue weighted by atomic mass is 9.93. The van der Waals surface area contributed by atoms with Crippen molar-refractivity contribution in [3.8, 4) is 0 Å². The van der Waals surface area contributed by atoms with Gasteiger partial charge >= 0.3 is 5.97 Å². The predicted molar refractivity (Wildman–Crippen MR) is 61.7 cm³/mol. The van der Waals surface area contributed by atoms with Gasteiger partial charge in [-0.05, 0) is 25.8 Å². The molecule has 0 saturated carbocycles. The standard InChI is InChI=1S/C12H12N2O3/c1-6-2-3-9-7(4-6)8(12(16)17)5-10(14-9)11(13)15/h4-5H,2-3H2,1H3,(H2,13,15)(H,16,17). The molecule has 1 aliphatic carbocycles. The Kier molecular flexibility index (Phi) is 2.67. The third-order valence-electron chi connectivity index (χ3n) is 2.77. The molecule has 0 unspecified atom stereocenters. The van der Waals surface area contributed by atoms with Crippen LogP contribution in [-0.2, 0) is 6.42 Å². The molecular weight excluding hydrogens is 220 g/mol. The van der Waals surface area contributed by atoms with Crippen LogP contribution >= 0.6 is 0 Å². The Morgan fingerprint density at radius 3 is 2.71 bits per heavy atom. The summed E-state index contributed by atoms with van der Waals surface area (Å²) in [5.41, 5.74) is 7.55. The maximum atomic E-state index is 11.1. The Balaban J connectivity index is 2.69. The molecule has 88 valence electrons. The number of rotatable bonds is 2. The Bertz CT molecular complexity index is 547. The van der Waals surface area contributed by atoms with Crippen LogP contribution in [0.4, 0.5) is 0 Å². The molecule has 5 heteroatoms. The highest BCUT2D eigenvalue weighted by Crippen LogP contribution is 2.26. The van der Waals surface area contributed by atoms with Crippen molar-refractivity contribution in [3.05, 3.63) is 34.2 Å². The number of hydrogen-bond donors (Lipinski definition) is 2. The molecule has 0 spiro atoms.